The van der Waals surface area contributed by atoms with Gasteiger partial charge in [-0.3, -0.25) is 14.8 Å². The average Bonchev–Trinajstić information content (AvgIpc) is 2.76. The van der Waals surface area contributed by atoms with E-state index < -0.39 is 0 Å². The highest BCUT2D eigenvalue weighted by Crippen LogP contribution is 2.23. The van der Waals surface area contributed by atoms with E-state index in [1.807, 2.05) is 0 Å². The Morgan fingerprint density at radius 1 is 1.62 bits per heavy atom. The molecule has 2 heterocycles. The van der Waals surface area contributed by atoms with E-state index in [0.29, 0.717) is 17.9 Å². The molecule has 1 saturated heterocycles. The molecule has 0 bridgehead atoms. The van der Waals surface area contributed by atoms with Gasteiger partial charge in [-0.25, -0.2) is 0 Å². The molecule has 0 spiro atoms. The first-order chi connectivity index (χ1) is 7.59. The zero-order chi connectivity index (χ0) is 11.7. The van der Waals surface area contributed by atoms with Gasteiger partial charge in [0.25, 0.3) is 0 Å². The minimum absolute atomic E-state index is 0.123. The fourth-order valence-corrected chi connectivity index (χ4v) is 2.11. The van der Waals surface area contributed by atoms with Crippen molar-refractivity contribution in [2.75, 3.05) is 6.61 Å². The summed E-state index contributed by atoms with van der Waals surface area (Å²) in [5, 5.41) is 15.0. The van der Waals surface area contributed by atoms with Crippen molar-refractivity contribution in [3.05, 3.63) is 21.5 Å². The van der Waals surface area contributed by atoms with Gasteiger partial charge < -0.3 is 4.74 Å². The van der Waals surface area contributed by atoms with E-state index in [2.05, 4.69) is 5.10 Å². The molecule has 0 amide bonds. The third kappa shape index (κ3) is 1.92. The Hall–Kier alpha value is -1.43. The van der Waals surface area contributed by atoms with Gasteiger partial charge in [0.1, 0.15) is 11.4 Å². The number of aromatic nitrogens is 2. The Balaban J connectivity index is 2.21. The van der Waals surface area contributed by atoms with Gasteiger partial charge >= 0.3 is 5.69 Å². The summed E-state index contributed by atoms with van der Waals surface area (Å²) in [6.45, 7) is 4.79. The molecular formula is C10H15N3O3. The maximum atomic E-state index is 10.8. The molecule has 88 valence electrons. The molecular weight excluding hydrogens is 210 g/mol. The van der Waals surface area contributed by atoms with Crippen molar-refractivity contribution in [3.8, 4) is 0 Å². The average molecular weight is 225 g/mol. The molecule has 1 aliphatic rings. The minimum Gasteiger partial charge on any atom is -0.376 e. The molecule has 0 saturated carbocycles. The van der Waals surface area contributed by atoms with Crippen molar-refractivity contribution in [1.29, 1.82) is 0 Å². The van der Waals surface area contributed by atoms with Crippen LogP contribution in [0.3, 0.4) is 0 Å². The fourth-order valence-electron chi connectivity index (χ4n) is 2.11. The van der Waals surface area contributed by atoms with E-state index in [-0.39, 0.29) is 16.7 Å². The first-order valence-electron chi connectivity index (χ1n) is 5.39. The largest absolute Gasteiger partial charge is 0.376 e. The number of nitrogens with zero attached hydrogens (tertiary/aromatic N) is 3. The fraction of sp³-hybridized carbons (Fsp3) is 0.700. The Morgan fingerprint density at radius 2 is 2.38 bits per heavy atom. The number of hydrogen-bond acceptors (Lipinski definition) is 4. The molecule has 1 aliphatic heterocycles. The van der Waals surface area contributed by atoms with Crippen LogP contribution in [0.25, 0.3) is 0 Å². The molecule has 1 atom stereocenters. The third-order valence-electron chi connectivity index (χ3n) is 2.93. The second-order valence-corrected chi connectivity index (χ2v) is 4.09. The van der Waals surface area contributed by atoms with Crippen molar-refractivity contribution < 1.29 is 9.66 Å². The normalized spacial score (nSPS) is 20.2. The van der Waals surface area contributed by atoms with Gasteiger partial charge in [0, 0.05) is 6.61 Å². The van der Waals surface area contributed by atoms with E-state index in [1.54, 1.807) is 18.5 Å². The van der Waals surface area contributed by atoms with Crippen LogP contribution in [-0.2, 0) is 11.3 Å². The molecule has 1 unspecified atom stereocenters. The number of nitro groups is 1. The van der Waals surface area contributed by atoms with E-state index in [4.69, 9.17) is 4.74 Å². The molecule has 6 heteroatoms. The lowest BCUT2D eigenvalue weighted by Crippen LogP contribution is -2.17. The predicted octanol–water partition coefficient (Wildman–Crippen LogP) is 1.59. The summed E-state index contributed by atoms with van der Waals surface area (Å²) >= 11 is 0. The van der Waals surface area contributed by atoms with Crippen LogP contribution in [0.15, 0.2) is 0 Å². The number of rotatable bonds is 3. The Kier molecular flexibility index (Phi) is 2.91. The standard InChI is InChI=1S/C10H15N3O3/c1-7-10(13(14)15)8(2)12(11-7)6-9-4-3-5-16-9/h9H,3-6H2,1-2H3. The molecule has 0 N–H and O–H groups in total. The van der Waals surface area contributed by atoms with Crippen molar-refractivity contribution in [1.82, 2.24) is 9.78 Å². The topological polar surface area (TPSA) is 70.2 Å². The van der Waals surface area contributed by atoms with Crippen LogP contribution in [0.5, 0.6) is 0 Å². The molecule has 1 aromatic rings. The van der Waals surface area contributed by atoms with E-state index in [9.17, 15) is 10.1 Å². The molecule has 1 aromatic heterocycles. The van der Waals surface area contributed by atoms with Gasteiger partial charge in [0.05, 0.1) is 17.6 Å². The Labute approximate surface area is 93.4 Å². The van der Waals surface area contributed by atoms with Crippen LogP contribution < -0.4 is 0 Å². The summed E-state index contributed by atoms with van der Waals surface area (Å²) in [6, 6.07) is 0. The maximum Gasteiger partial charge on any atom is 0.312 e. The highest BCUT2D eigenvalue weighted by atomic mass is 16.6. The quantitative estimate of drug-likeness (QED) is 0.578. The molecule has 6 nitrogen and oxygen atoms in total. The molecule has 16 heavy (non-hydrogen) atoms. The summed E-state index contributed by atoms with van der Waals surface area (Å²) in [7, 11) is 0. The van der Waals surface area contributed by atoms with Crippen LogP contribution in [-0.4, -0.2) is 27.4 Å². The third-order valence-corrected chi connectivity index (χ3v) is 2.93. The molecule has 0 radical (unpaired) electrons. The lowest BCUT2D eigenvalue weighted by molar-refractivity contribution is -0.386. The van der Waals surface area contributed by atoms with Crippen LogP contribution in [0.2, 0.25) is 0 Å². The van der Waals surface area contributed by atoms with Gasteiger partial charge in [0.2, 0.25) is 0 Å². The monoisotopic (exact) mass is 225 g/mol. The summed E-state index contributed by atoms with van der Waals surface area (Å²) in [6.07, 6.45) is 2.22. The molecule has 1 fully saturated rings. The van der Waals surface area contributed by atoms with Crippen LogP contribution in [0.4, 0.5) is 5.69 Å². The summed E-state index contributed by atoms with van der Waals surface area (Å²) < 4.78 is 7.17. The van der Waals surface area contributed by atoms with Gasteiger partial charge in [0.15, 0.2) is 0 Å². The zero-order valence-corrected chi connectivity index (χ0v) is 9.47. The van der Waals surface area contributed by atoms with E-state index >= 15 is 0 Å². The van der Waals surface area contributed by atoms with Gasteiger partial charge in [-0.15, -0.1) is 0 Å². The first-order valence-corrected chi connectivity index (χ1v) is 5.39. The minimum atomic E-state index is -0.371. The lowest BCUT2D eigenvalue weighted by atomic mass is 10.2. The van der Waals surface area contributed by atoms with Crippen LogP contribution >= 0.6 is 0 Å². The highest BCUT2D eigenvalue weighted by molar-refractivity contribution is 5.39. The Bertz CT molecular complexity index is 408. The molecule has 0 aromatic carbocycles. The summed E-state index contributed by atoms with van der Waals surface area (Å²) in [5.74, 6) is 0. The van der Waals surface area contributed by atoms with Gasteiger partial charge in [-0.2, -0.15) is 5.10 Å². The van der Waals surface area contributed by atoms with E-state index in [0.717, 1.165) is 19.4 Å². The van der Waals surface area contributed by atoms with E-state index in [1.165, 1.54) is 0 Å². The number of ether oxygens (including phenoxy) is 1. The lowest BCUT2D eigenvalue weighted by Gasteiger charge is -2.09. The van der Waals surface area contributed by atoms with Crippen LogP contribution in [0.1, 0.15) is 24.2 Å². The van der Waals surface area contributed by atoms with Crippen molar-refractivity contribution in [3.63, 3.8) is 0 Å². The van der Waals surface area contributed by atoms with Gasteiger partial charge in [-0.05, 0) is 26.7 Å². The molecule has 2 rings (SSSR count). The highest BCUT2D eigenvalue weighted by Gasteiger charge is 2.24. The van der Waals surface area contributed by atoms with Crippen molar-refractivity contribution >= 4 is 5.69 Å². The SMILES string of the molecule is Cc1nn(CC2CCCO2)c(C)c1[N+](=O)[O-]. The van der Waals surface area contributed by atoms with Crippen molar-refractivity contribution in [2.24, 2.45) is 0 Å². The smallest absolute Gasteiger partial charge is 0.312 e. The number of hydrogen-bond donors (Lipinski definition) is 0. The summed E-state index contributed by atoms with van der Waals surface area (Å²) in [4.78, 5) is 10.4. The number of aryl methyl sites for hydroxylation is 1. The Morgan fingerprint density at radius 3 is 2.88 bits per heavy atom. The van der Waals surface area contributed by atoms with Crippen molar-refractivity contribution in [2.45, 2.75) is 39.3 Å². The van der Waals surface area contributed by atoms with Gasteiger partial charge in [-0.1, -0.05) is 0 Å². The predicted molar refractivity (Wildman–Crippen MR) is 57.3 cm³/mol. The molecule has 0 aliphatic carbocycles. The summed E-state index contributed by atoms with van der Waals surface area (Å²) in [5.41, 5.74) is 1.21. The second kappa shape index (κ2) is 4.21. The zero-order valence-electron chi connectivity index (χ0n) is 9.47. The maximum absolute atomic E-state index is 10.8. The second-order valence-electron chi connectivity index (χ2n) is 4.09. The van der Waals surface area contributed by atoms with Crippen LogP contribution in [0, 0.1) is 24.0 Å². The first kappa shape index (κ1) is 11.1.